The first-order valence-corrected chi connectivity index (χ1v) is 8.49. The van der Waals surface area contributed by atoms with Crippen molar-refractivity contribution < 1.29 is 4.79 Å². The number of benzene rings is 2. The summed E-state index contributed by atoms with van der Waals surface area (Å²) in [5, 5.41) is 4.49. The lowest BCUT2D eigenvalue weighted by Crippen LogP contribution is -2.35. The minimum Gasteiger partial charge on any atom is -0.358 e. The van der Waals surface area contributed by atoms with Gasteiger partial charge in [-0.2, -0.15) is 0 Å². The van der Waals surface area contributed by atoms with Crippen LogP contribution in [0.4, 0.5) is 0 Å². The van der Waals surface area contributed by atoms with Gasteiger partial charge in [0.25, 0.3) is 5.91 Å². The van der Waals surface area contributed by atoms with Crippen LogP contribution in [0, 0.1) is 20.8 Å². The molecule has 1 atom stereocenters. The lowest BCUT2D eigenvalue weighted by molar-refractivity contribution is 0.0938. The van der Waals surface area contributed by atoms with Gasteiger partial charge < -0.3 is 10.3 Å². The summed E-state index contributed by atoms with van der Waals surface area (Å²) in [7, 11) is 0. The smallest absolute Gasteiger partial charge is 0.251 e. The quantitative estimate of drug-likeness (QED) is 0.737. The second-order valence-corrected chi connectivity index (χ2v) is 7.01. The van der Waals surface area contributed by atoms with E-state index in [4.69, 9.17) is 0 Å². The molecule has 1 aliphatic rings. The average molecular weight is 318 g/mol. The van der Waals surface area contributed by atoms with E-state index in [0.29, 0.717) is 0 Å². The topological polar surface area (TPSA) is 44.9 Å². The van der Waals surface area contributed by atoms with Crippen molar-refractivity contribution in [2.45, 2.75) is 39.7 Å². The molecule has 1 heterocycles. The number of nitrogens with one attached hydrogen (secondary N) is 2. The first-order valence-electron chi connectivity index (χ1n) is 8.49. The van der Waals surface area contributed by atoms with Crippen LogP contribution >= 0.6 is 0 Å². The number of H-pyrrole nitrogens is 1. The Morgan fingerprint density at radius 1 is 1.04 bits per heavy atom. The van der Waals surface area contributed by atoms with E-state index in [1.165, 1.54) is 33.3 Å². The second-order valence-electron chi connectivity index (χ2n) is 7.01. The van der Waals surface area contributed by atoms with Crippen LogP contribution in [0.5, 0.6) is 0 Å². The van der Waals surface area contributed by atoms with Gasteiger partial charge in [-0.1, -0.05) is 17.7 Å². The van der Waals surface area contributed by atoms with Gasteiger partial charge in [-0.05, 0) is 68.1 Å². The largest absolute Gasteiger partial charge is 0.358 e. The van der Waals surface area contributed by atoms with Crippen LogP contribution in [0.15, 0.2) is 36.4 Å². The zero-order valence-electron chi connectivity index (χ0n) is 14.4. The van der Waals surface area contributed by atoms with Crippen molar-refractivity contribution in [3.8, 4) is 0 Å². The lowest BCUT2D eigenvalue weighted by Gasteiger charge is -2.13. The zero-order chi connectivity index (χ0) is 16.8. The maximum absolute atomic E-state index is 12.5. The number of amides is 1. The van der Waals surface area contributed by atoms with Crippen LogP contribution in [0.3, 0.4) is 0 Å². The molecular weight excluding hydrogens is 296 g/mol. The van der Waals surface area contributed by atoms with Crippen LogP contribution in [0.25, 0.3) is 10.9 Å². The number of hydrogen-bond donors (Lipinski definition) is 2. The predicted molar refractivity (Wildman–Crippen MR) is 97.6 cm³/mol. The maximum atomic E-state index is 12.5. The molecule has 3 nitrogen and oxygen atoms in total. The number of carbonyl (C=O) groups excluding carboxylic acids is 1. The molecule has 2 aromatic carbocycles. The highest BCUT2D eigenvalue weighted by atomic mass is 16.1. The van der Waals surface area contributed by atoms with E-state index in [9.17, 15) is 4.79 Å². The Morgan fingerprint density at radius 3 is 2.67 bits per heavy atom. The number of aryl methyl sites for hydroxylation is 3. The number of rotatable bonds is 2. The average Bonchev–Trinajstić information content (AvgIpc) is 3.07. The molecule has 4 rings (SSSR count). The summed E-state index contributed by atoms with van der Waals surface area (Å²) in [6.07, 6.45) is 1.77. The lowest BCUT2D eigenvalue weighted by atomic mass is 10.1. The van der Waals surface area contributed by atoms with Crippen molar-refractivity contribution >= 4 is 16.8 Å². The fraction of sp³-hybridized carbons (Fsp3) is 0.286. The standard InChI is InChI=1S/C21H22N2O/c1-12-4-7-19-17(8-12)18-10-16(11-20(18)23-19)22-21(24)15-6-5-13(2)14(3)9-15/h4-9,16,23H,10-11H2,1-3H3,(H,22,24). The van der Waals surface area contributed by atoms with Gasteiger partial charge in [0.15, 0.2) is 0 Å². The number of carbonyl (C=O) groups is 1. The number of aromatic nitrogens is 1. The van der Waals surface area contributed by atoms with E-state index in [1.54, 1.807) is 0 Å². The molecule has 0 aliphatic heterocycles. The third-order valence-corrected chi connectivity index (χ3v) is 5.16. The Hall–Kier alpha value is -2.55. The highest BCUT2D eigenvalue weighted by Crippen LogP contribution is 2.30. The first kappa shape index (κ1) is 15.0. The molecule has 2 N–H and O–H groups in total. The fourth-order valence-corrected chi connectivity index (χ4v) is 3.64. The molecule has 1 aromatic heterocycles. The fourth-order valence-electron chi connectivity index (χ4n) is 3.64. The second kappa shape index (κ2) is 5.52. The van der Waals surface area contributed by atoms with Gasteiger partial charge in [0.05, 0.1) is 0 Å². The molecule has 1 amide bonds. The molecule has 1 unspecified atom stereocenters. The van der Waals surface area contributed by atoms with Gasteiger partial charge in [0, 0.05) is 34.6 Å². The monoisotopic (exact) mass is 318 g/mol. The van der Waals surface area contributed by atoms with Gasteiger partial charge in [0.2, 0.25) is 0 Å². The molecular formula is C21H22N2O. The Balaban J connectivity index is 1.53. The van der Waals surface area contributed by atoms with Crippen LogP contribution in [-0.2, 0) is 12.8 Å². The van der Waals surface area contributed by atoms with Gasteiger partial charge in [0.1, 0.15) is 0 Å². The summed E-state index contributed by atoms with van der Waals surface area (Å²) in [5.74, 6) is 0.0220. The van der Waals surface area contributed by atoms with Crippen molar-refractivity contribution in [3.63, 3.8) is 0 Å². The van der Waals surface area contributed by atoms with E-state index in [-0.39, 0.29) is 11.9 Å². The van der Waals surface area contributed by atoms with Crippen molar-refractivity contribution in [2.75, 3.05) is 0 Å². The van der Waals surface area contributed by atoms with Crippen LogP contribution in [0.1, 0.15) is 38.3 Å². The Labute approximate surface area is 142 Å². The summed E-state index contributed by atoms with van der Waals surface area (Å²) >= 11 is 0. The predicted octanol–water partition coefficient (Wildman–Crippen LogP) is 3.99. The molecule has 24 heavy (non-hydrogen) atoms. The molecule has 0 saturated heterocycles. The molecule has 122 valence electrons. The molecule has 0 bridgehead atoms. The maximum Gasteiger partial charge on any atom is 0.251 e. The summed E-state index contributed by atoms with van der Waals surface area (Å²) in [6.45, 7) is 6.22. The van der Waals surface area contributed by atoms with Crippen molar-refractivity contribution in [1.82, 2.24) is 10.3 Å². The highest BCUT2D eigenvalue weighted by Gasteiger charge is 2.26. The molecule has 0 fully saturated rings. The summed E-state index contributed by atoms with van der Waals surface area (Å²) in [4.78, 5) is 16.0. The summed E-state index contributed by atoms with van der Waals surface area (Å²) in [6, 6.07) is 12.6. The van der Waals surface area contributed by atoms with Crippen LogP contribution in [0.2, 0.25) is 0 Å². The van der Waals surface area contributed by atoms with E-state index in [0.717, 1.165) is 24.0 Å². The first-order chi connectivity index (χ1) is 11.5. The SMILES string of the molecule is Cc1ccc2[nH]c3c(c2c1)CC(NC(=O)c1ccc(C)c(C)c1)C3. The van der Waals surface area contributed by atoms with Gasteiger partial charge in [-0.3, -0.25) is 4.79 Å². The number of fused-ring (bicyclic) bond motifs is 3. The van der Waals surface area contributed by atoms with Crippen LogP contribution in [-0.4, -0.2) is 16.9 Å². The van der Waals surface area contributed by atoms with E-state index < -0.39 is 0 Å². The summed E-state index contributed by atoms with van der Waals surface area (Å²) in [5.41, 5.74) is 8.20. The van der Waals surface area contributed by atoms with Crippen molar-refractivity contribution in [2.24, 2.45) is 0 Å². The third-order valence-electron chi connectivity index (χ3n) is 5.16. The number of hydrogen-bond acceptors (Lipinski definition) is 1. The molecule has 3 heteroatoms. The van der Waals surface area contributed by atoms with Gasteiger partial charge in [-0.15, -0.1) is 0 Å². The molecule has 0 saturated carbocycles. The molecule has 0 radical (unpaired) electrons. The normalized spacial score (nSPS) is 16.4. The molecule has 1 aliphatic carbocycles. The summed E-state index contributed by atoms with van der Waals surface area (Å²) < 4.78 is 0. The van der Waals surface area contributed by atoms with E-state index >= 15 is 0 Å². The van der Waals surface area contributed by atoms with Gasteiger partial charge in [-0.25, -0.2) is 0 Å². The van der Waals surface area contributed by atoms with E-state index in [1.807, 2.05) is 25.1 Å². The van der Waals surface area contributed by atoms with Gasteiger partial charge >= 0.3 is 0 Å². The molecule has 0 spiro atoms. The Morgan fingerprint density at radius 2 is 1.88 bits per heavy atom. The minimum absolute atomic E-state index is 0.0220. The minimum atomic E-state index is 0.0220. The van der Waals surface area contributed by atoms with Crippen LogP contribution < -0.4 is 5.32 Å². The van der Waals surface area contributed by atoms with Crippen molar-refractivity contribution in [3.05, 3.63) is 69.9 Å². The van der Waals surface area contributed by atoms with Crippen molar-refractivity contribution in [1.29, 1.82) is 0 Å². The Kier molecular flexibility index (Phi) is 3.45. The molecule has 3 aromatic rings. The zero-order valence-corrected chi connectivity index (χ0v) is 14.4. The Bertz CT molecular complexity index is 952. The third kappa shape index (κ3) is 2.50. The highest BCUT2D eigenvalue weighted by molar-refractivity contribution is 5.95. The number of aromatic amines is 1. The van der Waals surface area contributed by atoms with E-state index in [2.05, 4.69) is 42.3 Å².